The molecule has 0 bridgehead atoms. The van der Waals surface area contributed by atoms with Crippen molar-refractivity contribution in [1.82, 2.24) is 0 Å². The number of carbonyl (C=O) groups is 1. The zero-order valence-electron chi connectivity index (χ0n) is 14.2. The minimum absolute atomic E-state index is 0.195. The molecule has 0 N–H and O–H groups in total. The topological polar surface area (TPSA) is 26.3 Å². The van der Waals surface area contributed by atoms with Crippen LogP contribution in [0, 0.1) is 16.2 Å². The lowest BCUT2D eigenvalue weighted by Gasteiger charge is -2.32. The molecule has 0 aromatic heterocycles. The van der Waals surface area contributed by atoms with Crippen molar-refractivity contribution in [2.75, 3.05) is 6.61 Å². The molecule has 0 heterocycles. The van der Waals surface area contributed by atoms with E-state index in [1.54, 1.807) is 0 Å². The Morgan fingerprint density at radius 3 is 1.86 bits per heavy atom. The van der Waals surface area contributed by atoms with Crippen molar-refractivity contribution in [2.45, 2.75) is 72.6 Å². The molecule has 2 nitrogen and oxygen atoms in total. The molecule has 1 fully saturated rings. The molecule has 0 radical (unpaired) electrons. The van der Waals surface area contributed by atoms with Gasteiger partial charge in [0.1, 0.15) is 0 Å². The van der Waals surface area contributed by atoms with Gasteiger partial charge in [0.05, 0.1) is 12.0 Å². The van der Waals surface area contributed by atoms with Crippen LogP contribution >= 0.6 is 0 Å². The van der Waals surface area contributed by atoms with Gasteiger partial charge in [0.25, 0.3) is 0 Å². The smallest absolute Gasteiger partial charge is 0.313 e. The number of hydrogen-bond acceptors (Lipinski definition) is 2. The molecule has 1 atom stereocenters. The molecular formula is C16H26F4O2. The van der Waals surface area contributed by atoms with Crippen LogP contribution in [0.5, 0.6) is 0 Å². The van der Waals surface area contributed by atoms with Gasteiger partial charge in [-0.2, -0.15) is 8.78 Å². The molecule has 1 rings (SSSR count). The fourth-order valence-corrected chi connectivity index (χ4v) is 3.36. The predicted octanol–water partition coefficient (Wildman–Crippen LogP) is 5.06. The first-order valence-electron chi connectivity index (χ1n) is 7.51. The summed E-state index contributed by atoms with van der Waals surface area (Å²) in [7, 11) is 0. The van der Waals surface area contributed by atoms with Crippen molar-refractivity contribution in [3.05, 3.63) is 0 Å². The van der Waals surface area contributed by atoms with E-state index in [-0.39, 0.29) is 30.8 Å². The number of halogens is 4. The van der Waals surface area contributed by atoms with Gasteiger partial charge in [-0.15, -0.1) is 0 Å². The van der Waals surface area contributed by atoms with Crippen LogP contribution in [-0.2, 0) is 9.53 Å². The molecule has 1 aliphatic carbocycles. The van der Waals surface area contributed by atoms with Crippen molar-refractivity contribution < 1.29 is 27.1 Å². The van der Waals surface area contributed by atoms with Crippen LogP contribution in [0.25, 0.3) is 0 Å². The van der Waals surface area contributed by atoms with Crippen molar-refractivity contribution in [3.8, 4) is 0 Å². The van der Waals surface area contributed by atoms with Gasteiger partial charge >= 0.3 is 17.8 Å². The normalized spacial score (nSPS) is 25.0. The lowest BCUT2D eigenvalue weighted by Crippen LogP contribution is -2.38. The third kappa shape index (κ3) is 3.25. The number of hydrogen-bond donors (Lipinski definition) is 0. The maximum Gasteiger partial charge on any atom is 0.313 e. The highest BCUT2D eigenvalue weighted by Crippen LogP contribution is 2.72. The number of esters is 1. The van der Waals surface area contributed by atoms with E-state index in [0.717, 1.165) is 0 Å². The highest BCUT2D eigenvalue weighted by Gasteiger charge is 2.72. The average Bonchev–Trinajstić information content (AvgIpc) is 2.87. The quantitative estimate of drug-likeness (QED) is 0.387. The molecule has 0 saturated heterocycles. The number of alkyl halides is 4. The molecule has 1 saturated carbocycles. The van der Waals surface area contributed by atoms with Gasteiger partial charge in [0.15, 0.2) is 0 Å². The minimum Gasteiger partial charge on any atom is -0.465 e. The molecule has 1 unspecified atom stereocenters. The molecule has 0 aromatic rings. The van der Waals surface area contributed by atoms with Crippen LogP contribution in [0.4, 0.5) is 17.6 Å². The summed E-state index contributed by atoms with van der Waals surface area (Å²) in [6.45, 7) is 9.67. The summed E-state index contributed by atoms with van der Waals surface area (Å²) in [4.78, 5) is 12.4. The van der Waals surface area contributed by atoms with Crippen LogP contribution in [-0.4, -0.2) is 24.4 Å². The van der Waals surface area contributed by atoms with Crippen LogP contribution < -0.4 is 0 Å². The van der Waals surface area contributed by atoms with E-state index >= 15 is 0 Å². The highest BCUT2D eigenvalue weighted by atomic mass is 19.3. The summed E-state index contributed by atoms with van der Waals surface area (Å²) in [5.41, 5.74) is -1.16. The van der Waals surface area contributed by atoms with Crippen molar-refractivity contribution >= 4 is 5.97 Å². The van der Waals surface area contributed by atoms with Gasteiger partial charge in [-0.1, -0.05) is 34.6 Å². The van der Waals surface area contributed by atoms with Gasteiger partial charge in [-0.3, -0.25) is 4.79 Å². The van der Waals surface area contributed by atoms with Gasteiger partial charge in [-0.05, 0) is 23.7 Å². The standard InChI is InChI=1S/C16H26F4O2/c1-12(2,3)15(10-13(15,4)5)11(21)22-9-7-8-16(19,20)14(6,17)18/h7-10H2,1-6H3. The average molecular weight is 326 g/mol. The Hall–Kier alpha value is -0.810. The van der Waals surface area contributed by atoms with E-state index in [2.05, 4.69) is 0 Å². The van der Waals surface area contributed by atoms with E-state index in [4.69, 9.17) is 4.74 Å². The predicted molar refractivity (Wildman–Crippen MR) is 76.0 cm³/mol. The summed E-state index contributed by atoms with van der Waals surface area (Å²) >= 11 is 0. The van der Waals surface area contributed by atoms with Crippen LogP contribution in [0.15, 0.2) is 0 Å². The van der Waals surface area contributed by atoms with Gasteiger partial charge in [0, 0.05) is 13.3 Å². The van der Waals surface area contributed by atoms with Crippen molar-refractivity contribution in [1.29, 1.82) is 0 Å². The van der Waals surface area contributed by atoms with Gasteiger partial charge < -0.3 is 4.74 Å². The second-order valence-electron chi connectivity index (χ2n) is 8.05. The molecule has 0 spiro atoms. The summed E-state index contributed by atoms with van der Waals surface area (Å²) in [5, 5.41) is 0. The lowest BCUT2D eigenvalue weighted by atomic mass is 9.73. The molecule has 1 aliphatic rings. The molecular weight excluding hydrogens is 300 g/mol. The zero-order valence-corrected chi connectivity index (χ0v) is 14.2. The van der Waals surface area contributed by atoms with E-state index in [0.29, 0.717) is 6.42 Å². The van der Waals surface area contributed by atoms with Crippen LogP contribution in [0.3, 0.4) is 0 Å². The summed E-state index contributed by atoms with van der Waals surface area (Å²) in [5.74, 6) is -8.57. The molecule has 6 heteroatoms. The third-order valence-electron chi connectivity index (χ3n) is 4.88. The fraction of sp³-hybridized carbons (Fsp3) is 0.938. The number of rotatable bonds is 6. The second kappa shape index (κ2) is 5.38. The molecule has 0 amide bonds. The minimum atomic E-state index is -4.08. The molecule has 130 valence electrons. The Kier molecular flexibility index (Phi) is 4.70. The van der Waals surface area contributed by atoms with E-state index in [1.807, 2.05) is 34.6 Å². The van der Waals surface area contributed by atoms with Crippen molar-refractivity contribution in [2.24, 2.45) is 16.2 Å². The maximum absolute atomic E-state index is 13.1. The highest BCUT2D eigenvalue weighted by molar-refractivity contribution is 5.82. The van der Waals surface area contributed by atoms with Gasteiger partial charge in [0.2, 0.25) is 0 Å². The van der Waals surface area contributed by atoms with Crippen LogP contribution in [0.2, 0.25) is 0 Å². The van der Waals surface area contributed by atoms with Crippen molar-refractivity contribution in [3.63, 3.8) is 0 Å². The third-order valence-corrected chi connectivity index (χ3v) is 4.88. The zero-order chi connectivity index (χ0) is 17.6. The van der Waals surface area contributed by atoms with Gasteiger partial charge in [-0.25, -0.2) is 8.78 Å². The molecule has 0 aromatic carbocycles. The van der Waals surface area contributed by atoms with E-state index in [1.165, 1.54) is 0 Å². The lowest BCUT2D eigenvalue weighted by molar-refractivity contribution is -0.202. The maximum atomic E-state index is 13.1. The summed E-state index contributed by atoms with van der Waals surface area (Å²) < 4.78 is 56.7. The Morgan fingerprint density at radius 2 is 1.55 bits per heavy atom. The first kappa shape index (κ1) is 19.2. The Morgan fingerprint density at radius 1 is 1.09 bits per heavy atom. The van der Waals surface area contributed by atoms with Crippen LogP contribution in [0.1, 0.15) is 60.8 Å². The first-order chi connectivity index (χ1) is 9.58. The number of carbonyl (C=O) groups excluding carboxylic acids is 1. The summed E-state index contributed by atoms with van der Waals surface area (Å²) in [6.07, 6.45) is -0.621. The Bertz CT molecular complexity index is 432. The van der Waals surface area contributed by atoms with E-state index < -0.39 is 29.7 Å². The molecule has 22 heavy (non-hydrogen) atoms. The summed E-state index contributed by atoms with van der Waals surface area (Å²) in [6, 6.07) is 0. The van der Waals surface area contributed by atoms with E-state index in [9.17, 15) is 22.4 Å². The Labute approximate surface area is 129 Å². The Balaban J connectivity index is 2.55. The SMILES string of the molecule is CC(C)(C)C1(C(=O)OCCCC(F)(F)C(C)(F)F)CC1(C)C. The monoisotopic (exact) mass is 326 g/mol. The fourth-order valence-electron chi connectivity index (χ4n) is 3.36. The largest absolute Gasteiger partial charge is 0.465 e. The number of ether oxygens (including phenoxy) is 1. The first-order valence-corrected chi connectivity index (χ1v) is 7.51. The molecule has 0 aliphatic heterocycles. The second-order valence-corrected chi connectivity index (χ2v) is 8.05.